The molecule has 0 saturated heterocycles. The lowest BCUT2D eigenvalue weighted by Gasteiger charge is -2.22. The molecular formula is C16H16Cl3N3O2S. The smallest absolute Gasteiger partial charge is 0.257 e. The predicted molar refractivity (Wildman–Crippen MR) is 105 cm³/mol. The number of hydrogen-bond acceptors (Lipinski definition) is 4. The monoisotopic (exact) mass is 419 g/mol. The fraction of sp³-hybridized carbons (Fsp3) is 0.250. The van der Waals surface area contributed by atoms with Crippen LogP contribution in [0.1, 0.15) is 31.2 Å². The Labute approximate surface area is 165 Å². The van der Waals surface area contributed by atoms with Crippen LogP contribution in [0.5, 0.6) is 0 Å². The van der Waals surface area contributed by atoms with Gasteiger partial charge >= 0.3 is 0 Å². The highest BCUT2D eigenvalue weighted by molar-refractivity contribution is 7.17. The molecule has 1 aromatic heterocycles. The molecule has 0 aliphatic carbocycles. The minimum atomic E-state index is -0.533. The second kappa shape index (κ2) is 7.93. The Morgan fingerprint density at radius 3 is 2.68 bits per heavy atom. The number of nitrogens with two attached hydrogens (primary N) is 1. The summed E-state index contributed by atoms with van der Waals surface area (Å²) in [5, 5.41) is 3.94. The second-order valence-electron chi connectivity index (χ2n) is 5.64. The van der Waals surface area contributed by atoms with Crippen LogP contribution in [-0.4, -0.2) is 30.3 Å². The van der Waals surface area contributed by atoms with E-state index in [-0.39, 0.29) is 17.4 Å². The summed E-state index contributed by atoms with van der Waals surface area (Å²) < 4.78 is 0. The van der Waals surface area contributed by atoms with Crippen molar-refractivity contribution in [3.8, 4) is 0 Å². The molecule has 0 saturated carbocycles. The molecule has 25 heavy (non-hydrogen) atoms. The summed E-state index contributed by atoms with van der Waals surface area (Å²) in [5.41, 5.74) is 7.17. The zero-order valence-electron chi connectivity index (χ0n) is 13.3. The molecule has 0 unspecified atom stereocenters. The predicted octanol–water partition coefficient (Wildman–Crippen LogP) is 3.82. The molecule has 2 aromatic rings. The van der Waals surface area contributed by atoms with Crippen molar-refractivity contribution >= 4 is 63.8 Å². The number of carbonyl (C=O) groups excluding carboxylic acids is 2. The van der Waals surface area contributed by atoms with Gasteiger partial charge in [-0.15, -0.1) is 23.7 Å². The minimum Gasteiger partial charge on any atom is -0.365 e. The zero-order valence-corrected chi connectivity index (χ0v) is 16.4. The van der Waals surface area contributed by atoms with E-state index in [1.165, 1.54) is 17.4 Å². The van der Waals surface area contributed by atoms with E-state index in [0.29, 0.717) is 21.2 Å². The van der Waals surface area contributed by atoms with Gasteiger partial charge in [0.1, 0.15) is 5.00 Å². The lowest BCUT2D eigenvalue weighted by Crippen LogP contribution is -2.27. The number of halogens is 3. The first-order valence-corrected chi connectivity index (χ1v) is 8.83. The van der Waals surface area contributed by atoms with Crippen molar-refractivity contribution in [3.63, 3.8) is 0 Å². The number of fused-ring (bicyclic) bond motifs is 1. The quantitative estimate of drug-likeness (QED) is 0.792. The van der Waals surface area contributed by atoms with E-state index in [1.54, 1.807) is 12.1 Å². The highest BCUT2D eigenvalue weighted by Gasteiger charge is 2.27. The Kier molecular flexibility index (Phi) is 6.35. The molecule has 2 amide bonds. The van der Waals surface area contributed by atoms with Crippen LogP contribution in [0.4, 0.5) is 5.00 Å². The molecule has 2 heterocycles. The summed E-state index contributed by atoms with van der Waals surface area (Å²) in [6.45, 7) is 1.58. The summed E-state index contributed by atoms with van der Waals surface area (Å²) in [6.07, 6.45) is 0.734. The molecule has 1 aromatic carbocycles. The third-order valence-corrected chi connectivity index (χ3v) is 5.58. The number of nitrogens with zero attached hydrogens (tertiary/aromatic N) is 1. The zero-order chi connectivity index (χ0) is 17.4. The van der Waals surface area contributed by atoms with Gasteiger partial charge in [-0.3, -0.25) is 9.59 Å². The lowest BCUT2D eigenvalue weighted by atomic mass is 10.0. The van der Waals surface area contributed by atoms with Crippen LogP contribution in [0, 0.1) is 0 Å². The highest BCUT2D eigenvalue weighted by atomic mass is 35.5. The third kappa shape index (κ3) is 4.10. The van der Waals surface area contributed by atoms with E-state index >= 15 is 0 Å². The summed E-state index contributed by atoms with van der Waals surface area (Å²) >= 11 is 13.3. The number of anilines is 1. The van der Waals surface area contributed by atoms with Crippen LogP contribution in [0.25, 0.3) is 0 Å². The number of benzene rings is 1. The standard InChI is InChI=1S/C16H15Cl2N3O2S.ClH/c1-21-5-4-10-12(7-21)24-16(13(10)14(19)22)20-15(23)9-3-2-8(17)6-11(9)18;/h2-3,6H,4-5,7H2,1H3,(H2,19,22)(H,20,23);1H. The molecular weight excluding hydrogens is 405 g/mol. The maximum atomic E-state index is 12.5. The second-order valence-corrected chi connectivity index (χ2v) is 7.59. The van der Waals surface area contributed by atoms with E-state index in [0.717, 1.165) is 30.0 Å². The van der Waals surface area contributed by atoms with Gasteiger partial charge in [-0.25, -0.2) is 0 Å². The average molecular weight is 421 g/mol. The van der Waals surface area contributed by atoms with Gasteiger partial charge in [-0.1, -0.05) is 23.2 Å². The number of nitrogens with one attached hydrogen (secondary N) is 1. The molecule has 3 N–H and O–H groups in total. The maximum Gasteiger partial charge on any atom is 0.257 e. The van der Waals surface area contributed by atoms with Crippen LogP contribution in [0.3, 0.4) is 0 Å². The van der Waals surface area contributed by atoms with Crippen molar-refractivity contribution in [2.45, 2.75) is 13.0 Å². The van der Waals surface area contributed by atoms with Gasteiger partial charge in [0.05, 0.1) is 16.1 Å². The Bertz CT molecular complexity index is 838. The molecule has 1 aliphatic rings. The third-order valence-electron chi connectivity index (χ3n) is 3.90. The molecule has 0 spiro atoms. The first-order valence-electron chi connectivity index (χ1n) is 7.26. The Morgan fingerprint density at radius 1 is 1.32 bits per heavy atom. The normalized spacial score (nSPS) is 13.7. The first kappa shape index (κ1) is 20.0. The molecule has 0 radical (unpaired) electrons. The number of hydrogen-bond donors (Lipinski definition) is 2. The minimum absolute atomic E-state index is 0. The van der Waals surface area contributed by atoms with Crippen molar-refractivity contribution in [2.24, 2.45) is 5.73 Å². The molecule has 134 valence electrons. The summed E-state index contributed by atoms with van der Waals surface area (Å²) in [5.74, 6) is -0.930. The van der Waals surface area contributed by atoms with Gasteiger partial charge in [0.25, 0.3) is 11.8 Å². The van der Waals surface area contributed by atoms with Gasteiger partial charge in [0, 0.05) is 23.0 Å². The van der Waals surface area contributed by atoms with Crippen molar-refractivity contribution in [1.82, 2.24) is 4.90 Å². The van der Waals surface area contributed by atoms with Gasteiger partial charge in [-0.2, -0.15) is 0 Å². The Balaban J connectivity index is 0.00000225. The number of carbonyl (C=O) groups is 2. The molecule has 3 rings (SSSR count). The van der Waals surface area contributed by atoms with Crippen LogP contribution in [0.2, 0.25) is 10.0 Å². The summed E-state index contributed by atoms with van der Waals surface area (Å²) in [6, 6.07) is 4.64. The number of rotatable bonds is 3. The van der Waals surface area contributed by atoms with Crippen LogP contribution in [0.15, 0.2) is 18.2 Å². The van der Waals surface area contributed by atoms with Crippen molar-refractivity contribution in [3.05, 3.63) is 49.8 Å². The first-order chi connectivity index (χ1) is 11.4. The summed E-state index contributed by atoms with van der Waals surface area (Å²) in [4.78, 5) is 27.6. The number of likely N-dealkylation sites (N-methyl/N-ethyl adjacent to an activating group) is 1. The van der Waals surface area contributed by atoms with E-state index in [9.17, 15) is 9.59 Å². The van der Waals surface area contributed by atoms with Crippen molar-refractivity contribution in [1.29, 1.82) is 0 Å². The Morgan fingerprint density at radius 2 is 2.04 bits per heavy atom. The van der Waals surface area contributed by atoms with Gasteiger partial charge in [0.15, 0.2) is 0 Å². The van der Waals surface area contributed by atoms with Crippen molar-refractivity contribution in [2.75, 3.05) is 18.9 Å². The largest absolute Gasteiger partial charge is 0.365 e. The van der Waals surface area contributed by atoms with Gasteiger partial charge in [-0.05, 0) is 37.2 Å². The molecule has 1 aliphatic heterocycles. The van der Waals surface area contributed by atoms with Crippen LogP contribution in [-0.2, 0) is 13.0 Å². The van der Waals surface area contributed by atoms with E-state index in [4.69, 9.17) is 28.9 Å². The average Bonchev–Trinajstić information content (AvgIpc) is 2.83. The van der Waals surface area contributed by atoms with Gasteiger partial charge in [0.2, 0.25) is 0 Å². The maximum absolute atomic E-state index is 12.5. The van der Waals surface area contributed by atoms with Crippen LogP contribution >= 0.6 is 46.9 Å². The SMILES string of the molecule is CN1CCc2c(sc(NC(=O)c3ccc(Cl)cc3Cl)c2C(N)=O)C1.Cl. The molecule has 9 heteroatoms. The topological polar surface area (TPSA) is 75.4 Å². The number of primary amides is 1. The fourth-order valence-corrected chi connectivity index (χ4v) is 4.55. The van der Waals surface area contributed by atoms with Crippen molar-refractivity contribution < 1.29 is 9.59 Å². The van der Waals surface area contributed by atoms with E-state index in [2.05, 4.69) is 10.2 Å². The Hall–Kier alpha value is -1.31. The molecule has 0 atom stereocenters. The summed E-state index contributed by atoms with van der Waals surface area (Å²) in [7, 11) is 2.01. The number of amides is 2. The molecule has 0 fully saturated rings. The van der Waals surface area contributed by atoms with E-state index in [1.807, 2.05) is 7.05 Å². The van der Waals surface area contributed by atoms with E-state index < -0.39 is 11.8 Å². The fourth-order valence-electron chi connectivity index (χ4n) is 2.72. The van der Waals surface area contributed by atoms with Gasteiger partial charge < -0.3 is 16.0 Å². The molecule has 5 nitrogen and oxygen atoms in total. The van der Waals surface area contributed by atoms with Crippen LogP contribution < -0.4 is 11.1 Å². The lowest BCUT2D eigenvalue weighted by molar-refractivity contribution is 0.1000. The highest BCUT2D eigenvalue weighted by Crippen LogP contribution is 2.37. The number of thiophene rings is 1. The molecule has 0 bridgehead atoms.